The summed E-state index contributed by atoms with van der Waals surface area (Å²) in [6.07, 6.45) is 5.22. The van der Waals surface area contributed by atoms with Crippen LogP contribution in [0.3, 0.4) is 0 Å². The lowest BCUT2D eigenvalue weighted by Crippen LogP contribution is -2.10. The van der Waals surface area contributed by atoms with Gasteiger partial charge in [0.25, 0.3) is 0 Å². The Morgan fingerprint density at radius 3 is 2.38 bits per heavy atom. The molecule has 0 aliphatic heterocycles. The molecule has 0 aromatic carbocycles. The summed E-state index contributed by atoms with van der Waals surface area (Å²) in [5, 5.41) is 17.9. The fourth-order valence-electron chi connectivity index (χ4n) is 3.36. The minimum Gasteiger partial charge on any atom is -0.480 e. The highest BCUT2D eigenvalue weighted by atomic mass is 16.5. The van der Waals surface area contributed by atoms with E-state index in [4.69, 9.17) is 9.84 Å². The average molecular weight is 228 g/mol. The van der Waals surface area contributed by atoms with Crippen molar-refractivity contribution in [2.45, 2.75) is 38.2 Å². The topological polar surface area (TPSA) is 66.8 Å². The molecule has 0 spiro atoms. The number of carbonyl (C=O) groups is 1. The van der Waals surface area contributed by atoms with Gasteiger partial charge in [-0.05, 0) is 49.9 Å². The zero-order chi connectivity index (χ0) is 11.5. The first-order valence-electron chi connectivity index (χ1n) is 6.12. The molecule has 16 heavy (non-hydrogen) atoms. The number of aliphatic carboxylic acids is 1. The van der Waals surface area contributed by atoms with Crippen molar-refractivity contribution in [2.75, 3.05) is 13.2 Å². The summed E-state index contributed by atoms with van der Waals surface area (Å²) in [4.78, 5) is 10.2. The van der Waals surface area contributed by atoms with Crippen molar-refractivity contribution in [1.82, 2.24) is 0 Å². The van der Waals surface area contributed by atoms with Crippen LogP contribution in [0.2, 0.25) is 0 Å². The van der Waals surface area contributed by atoms with Gasteiger partial charge in [0.05, 0.1) is 6.10 Å². The molecule has 0 heterocycles. The third kappa shape index (κ3) is 2.95. The normalized spacial score (nSPS) is 37.6. The minimum atomic E-state index is -0.897. The Labute approximate surface area is 95.6 Å². The number of ether oxygens (including phenoxy) is 1. The SMILES string of the molecule is O=C(O)COCCC1C[C@H]2CC(O)C[C@H]2C1. The van der Waals surface area contributed by atoms with Crippen LogP contribution in [0.5, 0.6) is 0 Å². The highest BCUT2D eigenvalue weighted by Gasteiger charge is 2.40. The van der Waals surface area contributed by atoms with Gasteiger partial charge in [0.1, 0.15) is 6.61 Å². The second-order valence-corrected chi connectivity index (χ2v) is 5.22. The van der Waals surface area contributed by atoms with Crippen LogP contribution < -0.4 is 0 Å². The first kappa shape index (κ1) is 11.9. The molecule has 0 radical (unpaired) electrons. The van der Waals surface area contributed by atoms with Crippen molar-refractivity contribution in [3.63, 3.8) is 0 Å². The Bertz CT molecular complexity index is 239. The molecule has 2 aliphatic rings. The molecular weight excluding hydrogens is 208 g/mol. The Kier molecular flexibility index (Phi) is 3.82. The highest BCUT2D eigenvalue weighted by molar-refractivity contribution is 5.67. The van der Waals surface area contributed by atoms with E-state index in [9.17, 15) is 9.90 Å². The summed E-state index contributed by atoms with van der Waals surface area (Å²) in [6, 6.07) is 0. The number of carboxylic acids is 1. The van der Waals surface area contributed by atoms with Crippen molar-refractivity contribution in [2.24, 2.45) is 17.8 Å². The molecule has 2 unspecified atom stereocenters. The Morgan fingerprint density at radius 1 is 1.19 bits per heavy atom. The second-order valence-electron chi connectivity index (χ2n) is 5.22. The zero-order valence-electron chi connectivity index (χ0n) is 9.47. The molecule has 4 atom stereocenters. The van der Waals surface area contributed by atoms with Gasteiger partial charge >= 0.3 is 5.97 Å². The van der Waals surface area contributed by atoms with E-state index in [1.807, 2.05) is 0 Å². The zero-order valence-corrected chi connectivity index (χ0v) is 9.47. The highest BCUT2D eigenvalue weighted by Crippen LogP contribution is 2.47. The molecule has 4 heteroatoms. The summed E-state index contributed by atoms with van der Waals surface area (Å²) < 4.78 is 5.05. The van der Waals surface area contributed by atoms with Crippen LogP contribution in [-0.4, -0.2) is 35.5 Å². The lowest BCUT2D eigenvalue weighted by molar-refractivity contribution is -0.142. The number of hydrogen-bond acceptors (Lipinski definition) is 3. The van der Waals surface area contributed by atoms with Gasteiger partial charge in [-0.15, -0.1) is 0 Å². The fourth-order valence-corrected chi connectivity index (χ4v) is 3.36. The van der Waals surface area contributed by atoms with Gasteiger partial charge in [-0.25, -0.2) is 4.79 Å². The van der Waals surface area contributed by atoms with Crippen LogP contribution in [0.1, 0.15) is 32.1 Å². The Morgan fingerprint density at radius 2 is 1.81 bits per heavy atom. The van der Waals surface area contributed by atoms with Gasteiger partial charge in [-0.1, -0.05) is 0 Å². The standard InChI is InChI=1S/C12H20O4/c13-11-5-9-3-8(4-10(9)6-11)1-2-16-7-12(14)15/h8-11,13H,1-7H2,(H,14,15)/t8?,9-,10+,11?. The molecule has 2 fully saturated rings. The average Bonchev–Trinajstić information content (AvgIpc) is 2.68. The van der Waals surface area contributed by atoms with E-state index in [2.05, 4.69) is 0 Å². The van der Waals surface area contributed by atoms with Crippen molar-refractivity contribution < 1.29 is 19.7 Å². The predicted molar refractivity (Wildman–Crippen MR) is 58.0 cm³/mol. The molecule has 2 aliphatic carbocycles. The van der Waals surface area contributed by atoms with Gasteiger partial charge < -0.3 is 14.9 Å². The van der Waals surface area contributed by atoms with Crippen molar-refractivity contribution >= 4 is 5.97 Å². The van der Waals surface area contributed by atoms with E-state index in [0.717, 1.165) is 19.3 Å². The van der Waals surface area contributed by atoms with E-state index in [1.54, 1.807) is 0 Å². The van der Waals surface area contributed by atoms with Crippen molar-refractivity contribution in [1.29, 1.82) is 0 Å². The van der Waals surface area contributed by atoms with E-state index in [-0.39, 0.29) is 12.7 Å². The number of hydrogen-bond donors (Lipinski definition) is 2. The predicted octanol–water partition coefficient (Wildman–Crippen LogP) is 1.27. The molecule has 0 amide bonds. The van der Waals surface area contributed by atoms with Crippen LogP contribution in [0.15, 0.2) is 0 Å². The molecule has 0 aromatic rings. The van der Waals surface area contributed by atoms with Gasteiger partial charge in [0.15, 0.2) is 0 Å². The summed E-state index contributed by atoms with van der Waals surface area (Å²) in [5.74, 6) is 1.20. The quantitative estimate of drug-likeness (QED) is 0.695. The maximum absolute atomic E-state index is 10.2. The van der Waals surface area contributed by atoms with Crippen LogP contribution in [-0.2, 0) is 9.53 Å². The van der Waals surface area contributed by atoms with E-state index in [1.165, 1.54) is 12.8 Å². The third-order valence-electron chi connectivity index (χ3n) is 3.98. The number of fused-ring (bicyclic) bond motifs is 1. The van der Waals surface area contributed by atoms with Gasteiger partial charge in [-0.3, -0.25) is 0 Å². The molecule has 4 nitrogen and oxygen atoms in total. The number of carboxylic acid groups (broad SMARTS) is 1. The maximum Gasteiger partial charge on any atom is 0.329 e. The number of aliphatic hydroxyl groups is 1. The molecule has 0 bridgehead atoms. The fraction of sp³-hybridized carbons (Fsp3) is 0.917. The van der Waals surface area contributed by atoms with Gasteiger partial charge in [-0.2, -0.15) is 0 Å². The van der Waals surface area contributed by atoms with Gasteiger partial charge in [0, 0.05) is 6.61 Å². The first-order chi connectivity index (χ1) is 7.65. The maximum atomic E-state index is 10.2. The Hall–Kier alpha value is -0.610. The van der Waals surface area contributed by atoms with Crippen molar-refractivity contribution in [3.8, 4) is 0 Å². The molecule has 92 valence electrons. The van der Waals surface area contributed by atoms with Crippen LogP contribution in [0.4, 0.5) is 0 Å². The second kappa shape index (κ2) is 5.15. The largest absolute Gasteiger partial charge is 0.480 e. The summed E-state index contributed by atoms with van der Waals surface area (Å²) in [7, 11) is 0. The molecule has 2 saturated carbocycles. The number of aliphatic hydroxyl groups excluding tert-OH is 1. The van der Waals surface area contributed by atoms with E-state index >= 15 is 0 Å². The summed E-state index contributed by atoms with van der Waals surface area (Å²) in [6.45, 7) is 0.372. The lowest BCUT2D eigenvalue weighted by atomic mass is 10.00. The van der Waals surface area contributed by atoms with E-state index in [0.29, 0.717) is 24.4 Å². The molecule has 0 saturated heterocycles. The Balaban J connectivity index is 1.61. The van der Waals surface area contributed by atoms with E-state index < -0.39 is 5.97 Å². The smallest absolute Gasteiger partial charge is 0.329 e. The lowest BCUT2D eigenvalue weighted by Gasteiger charge is -2.11. The minimum absolute atomic E-state index is 0.0702. The van der Waals surface area contributed by atoms with Crippen LogP contribution in [0, 0.1) is 17.8 Å². The summed E-state index contributed by atoms with van der Waals surface area (Å²) >= 11 is 0. The molecule has 2 N–H and O–H groups in total. The molecule has 2 rings (SSSR count). The van der Waals surface area contributed by atoms with Crippen LogP contribution >= 0.6 is 0 Å². The molecule has 0 aromatic heterocycles. The first-order valence-corrected chi connectivity index (χ1v) is 6.12. The number of rotatable bonds is 5. The summed E-state index contributed by atoms with van der Waals surface area (Å²) in [5.41, 5.74) is 0. The van der Waals surface area contributed by atoms with Crippen molar-refractivity contribution in [3.05, 3.63) is 0 Å². The molecular formula is C12H20O4. The van der Waals surface area contributed by atoms with Crippen LogP contribution in [0.25, 0.3) is 0 Å². The van der Waals surface area contributed by atoms with Gasteiger partial charge in [0.2, 0.25) is 0 Å². The monoisotopic (exact) mass is 228 g/mol. The third-order valence-corrected chi connectivity index (χ3v) is 3.98.